The van der Waals surface area contributed by atoms with Gasteiger partial charge in [0, 0.05) is 29.7 Å². The van der Waals surface area contributed by atoms with Crippen molar-refractivity contribution in [3.63, 3.8) is 0 Å². The van der Waals surface area contributed by atoms with E-state index in [4.69, 9.17) is 4.74 Å². The number of hydrogen-bond acceptors (Lipinski definition) is 4. The largest absolute Gasteiger partial charge is 0.465 e. The summed E-state index contributed by atoms with van der Waals surface area (Å²) in [4.78, 5) is 28.2. The van der Waals surface area contributed by atoms with Crippen molar-refractivity contribution in [2.75, 3.05) is 18.5 Å². The van der Waals surface area contributed by atoms with Gasteiger partial charge in [0.1, 0.15) is 5.82 Å². The average Bonchev–Trinajstić information content (AvgIpc) is 2.49. The number of Topliss-reactive ketones (excluding diaryl/α,β-unsaturated/α-hetero) is 1. The molecule has 0 bridgehead atoms. The van der Waals surface area contributed by atoms with Crippen molar-refractivity contribution in [3.05, 3.63) is 34.6 Å². The molecule has 0 heterocycles. The molecule has 0 aliphatic carbocycles. The first-order valence-corrected chi connectivity index (χ1v) is 7.88. The van der Waals surface area contributed by atoms with E-state index < -0.39 is 46.2 Å². The van der Waals surface area contributed by atoms with Crippen LogP contribution in [0, 0.1) is 30.3 Å². The number of rotatable bonds is 7. The highest BCUT2D eigenvalue weighted by atomic mass is 79.9. The highest BCUT2D eigenvalue weighted by Gasteiger charge is 2.32. The lowest BCUT2D eigenvalue weighted by atomic mass is 9.94. The van der Waals surface area contributed by atoms with E-state index in [0.29, 0.717) is 5.33 Å². The summed E-state index contributed by atoms with van der Waals surface area (Å²) in [6.07, 6.45) is 1.03. The summed E-state index contributed by atoms with van der Waals surface area (Å²) in [5.41, 5.74) is -1.19. The van der Waals surface area contributed by atoms with Gasteiger partial charge in [-0.2, -0.15) is 0 Å². The normalized spacial score (nSPS) is 12.4. The highest BCUT2D eigenvalue weighted by molar-refractivity contribution is 9.09. The van der Waals surface area contributed by atoms with Crippen LogP contribution < -0.4 is 0 Å². The molecule has 0 spiro atoms. The van der Waals surface area contributed by atoms with Gasteiger partial charge in [-0.1, -0.05) is 15.9 Å². The molecule has 0 aliphatic rings. The minimum absolute atomic E-state index is 0.00808. The SMILES string of the molecule is CCOC(=O)C(C=NCCBr)C(=O)c1c(F)cc(F)c(F)c1C. The number of carbonyl (C=O) groups excluding carboxylic acids is 2. The summed E-state index contributed by atoms with van der Waals surface area (Å²) in [6, 6.07) is 0.271. The van der Waals surface area contributed by atoms with Gasteiger partial charge in [-0.3, -0.25) is 14.6 Å². The van der Waals surface area contributed by atoms with E-state index >= 15 is 0 Å². The zero-order valence-electron chi connectivity index (χ0n) is 12.5. The third-order valence-corrected chi connectivity index (χ3v) is 3.30. The second-order valence-corrected chi connectivity index (χ2v) is 5.29. The quantitative estimate of drug-likeness (QED) is 0.178. The summed E-state index contributed by atoms with van der Waals surface area (Å²) >= 11 is 3.12. The third kappa shape index (κ3) is 4.63. The number of ether oxygens (including phenoxy) is 1. The number of nitrogens with zero attached hydrogens (tertiary/aromatic N) is 1. The van der Waals surface area contributed by atoms with Crippen molar-refractivity contribution in [1.29, 1.82) is 0 Å². The van der Waals surface area contributed by atoms with Gasteiger partial charge in [0.25, 0.3) is 0 Å². The Balaban J connectivity index is 3.29. The molecule has 0 saturated carbocycles. The molecule has 4 nitrogen and oxygen atoms in total. The Morgan fingerprint density at radius 3 is 2.57 bits per heavy atom. The maximum absolute atomic E-state index is 13.9. The monoisotopic (exact) mass is 393 g/mol. The zero-order chi connectivity index (χ0) is 17.6. The Bertz CT molecular complexity index is 635. The fraction of sp³-hybridized carbons (Fsp3) is 0.400. The molecule has 8 heteroatoms. The summed E-state index contributed by atoms with van der Waals surface area (Å²) in [5.74, 6) is -7.47. The number of carbonyl (C=O) groups is 2. The van der Waals surface area contributed by atoms with Crippen molar-refractivity contribution >= 4 is 33.9 Å². The van der Waals surface area contributed by atoms with Crippen molar-refractivity contribution in [3.8, 4) is 0 Å². The molecule has 0 aromatic heterocycles. The molecule has 0 saturated heterocycles. The van der Waals surface area contributed by atoms with Crippen LogP contribution in [0.4, 0.5) is 13.2 Å². The van der Waals surface area contributed by atoms with Crippen LogP contribution in [0.5, 0.6) is 0 Å². The molecule has 0 fully saturated rings. The van der Waals surface area contributed by atoms with E-state index in [2.05, 4.69) is 20.9 Å². The lowest BCUT2D eigenvalue weighted by Gasteiger charge is -2.13. The smallest absolute Gasteiger partial charge is 0.322 e. The molecular formula is C15H15BrF3NO3. The lowest BCUT2D eigenvalue weighted by molar-refractivity contribution is -0.143. The number of aliphatic imine (C=N–C) groups is 1. The number of hydrogen-bond donors (Lipinski definition) is 0. The first-order chi connectivity index (χ1) is 10.8. The van der Waals surface area contributed by atoms with Crippen molar-refractivity contribution in [1.82, 2.24) is 0 Å². The molecule has 0 radical (unpaired) electrons. The molecule has 1 rings (SSSR count). The van der Waals surface area contributed by atoms with Gasteiger partial charge in [-0.25, -0.2) is 13.2 Å². The van der Waals surface area contributed by atoms with Crippen LogP contribution in [0.2, 0.25) is 0 Å². The van der Waals surface area contributed by atoms with Gasteiger partial charge in [0.2, 0.25) is 0 Å². The van der Waals surface area contributed by atoms with Crippen LogP contribution in [0.3, 0.4) is 0 Å². The summed E-state index contributed by atoms with van der Waals surface area (Å²) in [7, 11) is 0. The first-order valence-electron chi connectivity index (χ1n) is 6.75. The molecule has 1 aromatic carbocycles. The molecule has 1 unspecified atom stereocenters. The number of halogens is 4. The van der Waals surface area contributed by atoms with E-state index in [1.54, 1.807) is 6.92 Å². The molecule has 1 aromatic rings. The predicted octanol–water partition coefficient (Wildman–Crippen LogP) is 3.24. The van der Waals surface area contributed by atoms with E-state index in [-0.39, 0.29) is 19.2 Å². The Labute approximate surface area is 139 Å². The van der Waals surface area contributed by atoms with Crippen LogP contribution >= 0.6 is 15.9 Å². The Morgan fingerprint density at radius 2 is 2.00 bits per heavy atom. The molecule has 1 atom stereocenters. The van der Waals surface area contributed by atoms with Gasteiger partial charge in [0.15, 0.2) is 23.3 Å². The second-order valence-electron chi connectivity index (χ2n) is 4.49. The second kappa shape index (κ2) is 8.81. The Hall–Kier alpha value is -1.70. The van der Waals surface area contributed by atoms with Crippen molar-refractivity contribution in [2.45, 2.75) is 13.8 Å². The molecule has 126 valence electrons. The van der Waals surface area contributed by atoms with E-state index in [0.717, 1.165) is 13.1 Å². The van der Waals surface area contributed by atoms with Crippen LogP contribution in [0.1, 0.15) is 22.8 Å². The maximum atomic E-state index is 13.9. The van der Waals surface area contributed by atoms with Crippen LogP contribution in [0.15, 0.2) is 11.1 Å². The Morgan fingerprint density at radius 1 is 1.35 bits per heavy atom. The third-order valence-electron chi connectivity index (χ3n) is 2.94. The molecule has 0 N–H and O–H groups in total. The maximum Gasteiger partial charge on any atom is 0.322 e. The topological polar surface area (TPSA) is 55.7 Å². The first kappa shape index (κ1) is 19.3. The molecule has 0 amide bonds. The minimum Gasteiger partial charge on any atom is -0.465 e. The Kier molecular flexibility index (Phi) is 7.41. The number of benzene rings is 1. The zero-order valence-corrected chi connectivity index (χ0v) is 14.1. The van der Waals surface area contributed by atoms with Crippen molar-refractivity contribution in [2.24, 2.45) is 10.9 Å². The molecule has 23 heavy (non-hydrogen) atoms. The van der Waals surface area contributed by atoms with Crippen LogP contribution in [-0.4, -0.2) is 36.4 Å². The number of alkyl halides is 1. The van der Waals surface area contributed by atoms with E-state index in [1.807, 2.05) is 0 Å². The highest BCUT2D eigenvalue weighted by Crippen LogP contribution is 2.23. The number of esters is 1. The predicted molar refractivity (Wildman–Crippen MR) is 82.7 cm³/mol. The fourth-order valence-electron chi connectivity index (χ4n) is 1.87. The average molecular weight is 394 g/mol. The number of ketones is 1. The van der Waals surface area contributed by atoms with Gasteiger partial charge >= 0.3 is 5.97 Å². The van der Waals surface area contributed by atoms with E-state index in [1.165, 1.54) is 0 Å². The van der Waals surface area contributed by atoms with Gasteiger partial charge in [-0.05, 0) is 13.8 Å². The lowest BCUT2D eigenvalue weighted by Crippen LogP contribution is -2.29. The van der Waals surface area contributed by atoms with Crippen LogP contribution in [-0.2, 0) is 9.53 Å². The van der Waals surface area contributed by atoms with Gasteiger partial charge in [-0.15, -0.1) is 0 Å². The molecule has 0 aliphatic heterocycles. The minimum atomic E-state index is -1.52. The van der Waals surface area contributed by atoms with Crippen LogP contribution in [0.25, 0.3) is 0 Å². The van der Waals surface area contributed by atoms with E-state index in [9.17, 15) is 22.8 Å². The van der Waals surface area contributed by atoms with Gasteiger partial charge in [0.05, 0.1) is 12.2 Å². The van der Waals surface area contributed by atoms with Crippen molar-refractivity contribution < 1.29 is 27.5 Å². The molecular weight excluding hydrogens is 379 g/mol. The summed E-state index contributed by atoms with van der Waals surface area (Å²) in [6.45, 7) is 2.89. The van der Waals surface area contributed by atoms with Gasteiger partial charge < -0.3 is 4.74 Å². The summed E-state index contributed by atoms with van der Waals surface area (Å²) < 4.78 is 45.4. The fourth-order valence-corrected chi connectivity index (χ4v) is 2.07. The summed E-state index contributed by atoms with van der Waals surface area (Å²) in [5, 5.41) is 0.492. The standard InChI is InChI=1S/C15H15BrF3NO3/c1-3-23-15(22)9(7-20-5-4-16)14(21)12-8(2)13(19)11(18)6-10(12)17/h6-7,9H,3-5H2,1-2H3.